The number of ether oxygens (including phenoxy) is 1. The number of quaternary nitrogens is 1. The SMILES string of the molecule is [NH3+]C(C(=O)c1ccc(F)cc1)c1ccnc(NC2CCOCC2)c1. The fraction of sp³-hybridized carbons (Fsp3) is 0.333. The van der Waals surface area contributed by atoms with E-state index in [1.54, 1.807) is 12.3 Å². The van der Waals surface area contributed by atoms with Gasteiger partial charge in [0.25, 0.3) is 0 Å². The van der Waals surface area contributed by atoms with Crippen LogP contribution in [0.25, 0.3) is 0 Å². The highest BCUT2D eigenvalue weighted by Crippen LogP contribution is 2.19. The number of aromatic nitrogens is 1. The Morgan fingerprint density at radius 1 is 1.25 bits per heavy atom. The standard InChI is InChI=1S/C18H20FN3O2/c19-14-3-1-12(2-4-14)18(23)17(20)13-5-8-21-16(11-13)22-15-6-9-24-10-7-15/h1-5,8,11,15,17H,6-7,9-10,20H2,(H,21,22)/p+1. The molecule has 0 saturated carbocycles. The first-order chi connectivity index (χ1) is 11.6. The molecule has 0 radical (unpaired) electrons. The smallest absolute Gasteiger partial charge is 0.224 e. The number of pyridine rings is 1. The molecule has 1 fully saturated rings. The summed E-state index contributed by atoms with van der Waals surface area (Å²) in [4.78, 5) is 16.8. The number of ketones is 1. The highest BCUT2D eigenvalue weighted by atomic mass is 19.1. The lowest BCUT2D eigenvalue weighted by Gasteiger charge is -2.23. The first-order valence-corrected chi connectivity index (χ1v) is 8.06. The van der Waals surface area contributed by atoms with Gasteiger partial charge in [-0.05, 0) is 49.2 Å². The third kappa shape index (κ3) is 3.96. The van der Waals surface area contributed by atoms with Crippen LogP contribution in [0.2, 0.25) is 0 Å². The highest BCUT2D eigenvalue weighted by Gasteiger charge is 2.22. The van der Waals surface area contributed by atoms with E-state index in [0.29, 0.717) is 11.6 Å². The summed E-state index contributed by atoms with van der Waals surface area (Å²) in [7, 11) is 0. The number of nitrogens with one attached hydrogen (secondary N) is 1. The van der Waals surface area contributed by atoms with Crippen molar-refractivity contribution < 1.29 is 19.7 Å². The van der Waals surface area contributed by atoms with E-state index >= 15 is 0 Å². The second-order valence-electron chi connectivity index (χ2n) is 5.93. The van der Waals surface area contributed by atoms with Crippen LogP contribution >= 0.6 is 0 Å². The Morgan fingerprint density at radius 2 is 1.96 bits per heavy atom. The number of nitrogens with zero attached hydrogens (tertiary/aromatic N) is 1. The molecule has 1 aliphatic rings. The Bertz CT molecular complexity index is 700. The second-order valence-corrected chi connectivity index (χ2v) is 5.93. The summed E-state index contributed by atoms with van der Waals surface area (Å²) in [6, 6.07) is 8.94. The van der Waals surface area contributed by atoms with E-state index < -0.39 is 6.04 Å². The van der Waals surface area contributed by atoms with Crippen LogP contribution in [0.3, 0.4) is 0 Å². The van der Waals surface area contributed by atoms with E-state index in [4.69, 9.17) is 4.74 Å². The van der Waals surface area contributed by atoms with Crippen molar-refractivity contribution in [2.24, 2.45) is 0 Å². The summed E-state index contributed by atoms with van der Waals surface area (Å²) in [5.41, 5.74) is 5.21. The Labute approximate surface area is 140 Å². The Kier molecular flexibility index (Phi) is 5.17. The van der Waals surface area contributed by atoms with Crippen LogP contribution in [0.15, 0.2) is 42.6 Å². The van der Waals surface area contributed by atoms with Gasteiger partial charge in [-0.1, -0.05) is 0 Å². The number of hydrogen-bond donors (Lipinski definition) is 2. The minimum atomic E-state index is -0.561. The van der Waals surface area contributed by atoms with Crippen molar-refractivity contribution in [1.82, 2.24) is 4.98 Å². The van der Waals surface area contributed by atoms with Gasteiger partial charge in [-0.25, -0.2) is 9.37 Å². The molecule has 1 aromatic carbocycles. The molecule has 1 atom stereocenters. The number of halogens is 1. The Hall–Kier alpha value is -2.31. The van der Waals surface area contributed by atoms with E-state index in [-0.39, 0.29) is 11.6 Å². The van der Waals surface area contributed by atoms with E-state index in [1.165, 1.54) is 24.3 Å². The van der Waals surface area contributed by atoms with E-state index in [1.807, 2.05) is 6.07 Å². The lowest BCUT2D eigenvalue weighted by molar-refractivity contribution is -0.404. The van der Waals surface area contributed by atoms with Gasteiger partial charge in [0.1, 0.15) is 11.6 Å². The number of Topliss-reactive ketones (excluding diaryl/α,β-unsaturated/α-hetero) is 1. The molecule has 4 N–H and O–H groups in total. The van der Waals surface area contributed by atoms with Crippen molar-refractivity contribution in [1.29, 1.82) is 0 Å². The summed E-state index contributed by atoms with van der Waals surface area (Å²) in [5.74, 6) is 0.234. The van der Waals surface area contributed by atoms with Crippen LogP contribution in [0.4, 0.5) is 10.2 Å². The summed E-state index contributed by atoms with van der Waals surface area (Å²) in [6.07, 6.45) is 3.55. The summed E-state index contributed by atoms with van der Waals surface area (Å²) in [6.45, 7) is 1.50. The van der Waals surface area contributed by atoms with Gasteiger partial charge in [-0.3, -0.25) is 4.79 Å². The summed E-state index contributed by atoms with van der Waals surface area (Å²) < 4.78 is 18.3. The number of benzene rings is 1. The largest absolute Gasteiger partial charge is 0.381 e. The molecule has 1 aromatic heterocycles. The Morgan fingerprint density at radius 3 is 2.67 bits per heavy atom. The van der Waals surface area contributed by atoms with Crippen molar-refractivity contribution in [3.8, 4) is 0 Å². The fourth-order valence-electron chi connectivity index (χ4n) is 2.76. The van der Waals surface area contributed by atoms with Crippen LogP contribution in [0.5, 0.6) is 0 Å². The van der Waals surface area contributed by atoms with Crippen molar-refractivity contribution in [3.63, 3.8) is 0 Å². The minimum Gasteiger partial charge on any atom is -0.381 e. The molecule has 2 heterocycles. The van der Waals surface area contributed by atoms with E-state index in [2.05, 4.69) is 16.0 Å². The average Bonchev–Trinajstić information content (AvgIpc) is 2.62. The van der Waals surface area contributed by atoms with Crippen LogP contribution in [-0.4, -0.2) is 30.0 Å². The normalized spacial score (nSPS) is 16.6. The monoisotopic (exact) mass is 330 g/mol. The average molecular weight is 330 g/mol. The van der Waals surface area contributed by atoms with E-state index in [0.717, 1.165) is 37.4 Å². The molecule has 3 rings (SSSR count). The molecule has 1 saturated heterocycles. The number of rotatable bonds is 5. The van der Waals surface area contributed by atoms with Crippen molar-refractivity contribution in [3.05, 3.63) is 59.5 Å². The fourth-order valence-corrected chi connectivity index (χ4v) is 2.76. The van der Waals surface area contributed by atoms with Gasteiger partial charge in [-0.2, -0.15) is 0 Å². The van der Waals surface area contributed by atoms with Crippen molar-refractivity contribution in [2.75, 3.05) is 18.5 Å². The maximum atomic E-state index is 13.0. The lowest BCUT2D eigenvalue weighted by Crippen LogP contribution is -2.57. The molecular weight excluding hydrogens is 309 g/mol. The molecule has 5 nitrogen and oxygen atoms in total. The molecule has 0 aliphatic carbocycles. The summed E-state index contributed by atoms with van der Waals surface area (Å²) in [5, 5.41) is 3.38. The zero-order valence-electron chi connectivity index (χ0n) is 13.4. The maximum Gasteiger partial charge on any atom is 0.224 e. The van der Waals surface area contributed by atoms with Gasteiger partial charge in [0.2, 0.25) is 5.78 Å². The van der Waals surface area contributed by atoms with Crippen molar-refractivity contribution in [2.45, 2.75) is 24.9 Å². The van der Waals surface area contributed by atoms with Gasteiger partial charge in [0.15, 0.2) is 6.04 Å². The van der Waals surface area contributed by atoms with Crippen LogP contribution in [0.1, 0.15) is 34.8 Å². The molecule has 24 heavy (non-hydrogen) atoms. The van der Waals surface area contributed by atoms with Gasteiger partial charge in [0, 0.05) is 36.6 Å². The minimum absolute atomic E-state index is 0.141. The molecular formula is C18H21FN3O2+. The van der Waals surface area contributed by atoms with Gasteiger partial charge in [0.05, 0.1) is 0 Å². The van der Waals surface area contributed by atoms with Gasteiger partial charge >= 0.3 is 0 Å². The first-order valence-electron chi connectivity index (χ1n) is 8.06. The second kappa shape index (κ2) is 7.51. The quantitative estimate of drug-likeness (QED) is 0.822. The predicted octanol–water partition coefficient (Wildman–Crippen LogP) is 1.98. The molecule has 126 valence electrons. The number of hydrogen-bond acceptors (Lipinski definition) is 4. The zero-order valence-corrected chi connectivity index (χ0v) is 13.4. The number of carbonyl (C=O) groups excluding carboxylic acids is 1. The number of carbonyl (C=O) groups is 1. The van der Waals surface area contributed by atoms with Crippen LogP contribution in [-0.2, 0) is 4.74 Å². The molecule has 0 spiro atoms. The summed E-state index contributed by atoms with van der Waals surface area (Å²) >= 11 is 0. The molecule has 0 amide bonds. The first kappa shape index (κ1) is 16.5. The molecule has 1 aliphatic heterocycles. The van der Waals surface area contributed by atoms with Gasteiger partial charge in [-0.15, -0.1) is 0 Å². The predicted molar refractivity (Wildman–Crippen MR) is 88.1 cm³/mol. The third-order valence-electron chi connectivity index (χ3n) is 4.20. The van der Waals surface area contributed by atoms with Crippen LogP contribution < -0.4 is 11.1 Å². The number of anilines is 1. The van der Waals surface area contributed by atoms with Crippen LogP contribution in [0, 0.1) is 5.82 Å². The third-order valence-corrected chi connectivity index (χ3v) is 4.20. The molecule has 6 heteroatoms. The molecule has 1 unspecified atom stereocenters. The maximum absolute atomic E-state index is 13.0. The van der Waals surface area contributed by atoms with Crippen molar-refractivity contribution >= 4 is 11.6 Å². The van der Waals surface area contributed by atoms with Gasteiger partial charge < -0.3 is 15.8 Å². The Balaban J connectivity index is 1.72. The molecule has 2 aromatic rings. The molecule has 0 bridgehead atoms. The topological polar surface area (TPSA) is 78.9 Å². The van der Waals surface area contributed by atoms with E-state index in [9.17, 15) is 9.18 Å². The zero-order chi connectivity index (χ0) is 16.9. The lowest BCUT2D eigenvalue weighted by atomic mass is 9.99. The highest BCUT2D eigenvalue weighted by molar-refractivity contribution is 5.99.